The molecule has 4 heteroatoms. The van der Waals surface area contributed by atoms with E-state index < -0.39 is 0 Å². The zero-order chi connectivity index (χ0) is 44.5. The van der Waals surface area contributed by atoms with Crippen LogP contribution in [0.3, 0.4) is 0 Å². The Hall–Kier alpha value is -8.86. The topological polar surface area (TPSA) is 51.6 Å². The Bertz CT molecular complexity index is 3460. The number of aromatic nitrogens is 4. The van der Waals surface area contributed by atoms with E-state index >= 15 is 0 Å². The van der Waals surface area contributed by atoms with Gasteiger partial charge < -0.3 is 0 Å². The molecule has 0 bridgehead atoms. The lowest BCUT2D eigenvalue weighted by atomic mass is 9.90. The van der Waals surface area contributed by atoms with E-state index in [1.54, 1.807) is 0 Å². The number of fused-ring (bicyclic) bond motifs is 3. The molecule has 0 aliphatic heterocycles. The Labute approximate surface area is 390 Å². The summed E-state index contributed by atoms with van der Waals surface area (Å²) in [6.45, 7) is 0. The van der Waals surface area contributed by atoms with Crippen molar-refractivity contribution in [3.05, 3.63) is 254 Å². The number of nitrogens with zero attached hydrogens (tertiary/aromatic N) is 4. The Morgan fingerprint density at radius 1 is 0.224 bits per heavy atom. The van der Waals surface area contributed by atoms with Crippen molar-refractivity contribution in [2.45, 2.75) is 6.42 Å². The third-order valence-electron chi connectivity index (χ3n) is 12.7. The summed E-state index contributed by atoms with van der Waals surface area (Å²) < 4.78 is 0. The van der Waals surface area contributed by atoms with Crippen LogP contribution in [-0.2, 0) is 6.42 Å². The van der Waals surface area contributed by atoms with Gasteiger partial charge in [-0.3, -0.25) is 0 Å². The highest BCUT2D eigenvalue weighted by molar-refractivity contribution is 5.92. The third-order valence-corrected chi connectivity index (χ3v) is 12.7. The predicted octanol–water partition coefficient (Wildman–Crippen LogP) is 15.8. The van der Waals surface area contributed by atoms with E-state index in [0.29, 0.717) is 11.6 Å². The van der Waals surface area contributed by atoms with Gasteiger partial charge in [-0.25, -0.2) is 19.9 Å². The van der Waals surface area contributed by atoms with Crippen LogP contribution in [0, 0.1) is 0 Å². The largest absolute Gasteiger partial charge is 0.228 e. The smallest absolute Gasteiger partial charge is 0.160 e. The quantitative estimate of drug-likeness (QED) is 0.145. The highest BCUT2D eigenvalue weighted by Crippen LogP contribution is 2.46. The maximum absolute atomic E-state index is 5.17. The molecule has 0 N–H and O–H groups in total. The first kappa shape index (κ1) is 39.7. The first-order valence-corrected chi connectivity index (χ1v) is 22.7. The van der Waals surface area contributed by atoms with Crippen LogP contribution in [-0.4, -0.2) is 19.9 Å². The molecule has 67 heavy (non-hydrogen) atoms. The molecule has 2 heterocycles. The van der Waals surface area contributed by atoms with Crippen molar-refractivity contribution in [3.8, 4) is 112 Å². The molecule has 1 aliphatic rings. The average molecular weight is 855 g/mol. The van der Waals surface area contributed by atoms with E-state index in [9.17, 15) is 0 Å². The molecule has 0 saturated carbocycles. The Morgan fingerprint density at radius 2 is 0.567 bits per heavy atom. The Kier molecular flexibility index (Phi) is 10.2. The van der Waals surface area contributed by atoms with Crippen LogP contribution >= 0.6 is 0 Å². The summed E-state index contributed by atoms with van der Waals surface area (Å²) in [6, 6.07) is 85.4. The normalized spacial score (nSPS) is 11.5. The summed E-state index contributed by atoms with van der Waals surface area (Å²) in [4.78, 5) is 20.6. The molecule has 0 spiro atoms. The monoisotopic (exact) mass is 854 g/mol. The lowest BCUT2D eigenvalue weighted by molar-refractivity contribution is 1.18. The fourth-order valence-electron chi connectivity index (χ4n) is 9.35. The number of hydrogen-bond acceptors (Lipinski definition) is 4. The van der Waals surface area contributed by atoms with Crippen LogP contribution in [0.25, 0.3) is 112 Å². The Morgan fingerprint density at radius 3 is 1.01 bits per heavy atom. The van der Waals surface area contributed by atoms with Crippen LogP contribution in [0.15, 0.2) is 243 Å². The van der Waals surface area contributed by atoms with Crippen LogP contribution in [0.2, 0.25) is 0 Å². The van der Waals surface area contributed by atoms with E-state index in [2.05, 4.69) is 218 Å². The average Bonchev–Trinajstić information content (AvgIpc) is 3.79. The highest BCUT2D eigenvalue weighted by Gasteiger charge is 2.25. The van der Waals surface area contributed by atoms with Gasteiger partial charge in [-0.1, -0.05) is 200 Å². The van der Waals surface area contributed by atoms with Gasteiger partial charge in [-0.2, -0.15) is 0 Å². The lowest BCUT2D eigenvalue weighted by Gasteiger charge is -2.15. The third kappa shape index (κ3) is 7.92. The van der Waals surface area contributed by atoms with Crippen molar-refractivity contribution in [1.29, 1.82) is 0 Å². The van der Waals surface area contributed by atoms with E-state index in [1.165, 1.54) is 33.4 Å². The molecule has 0 saturated heterocycles. The summed E-state index contributed by atoms with van der Waals surface area (Å²) in [5, 5.41) is 0. The minimum atomic E-state index is 0.692. The zero-order valence-electron chi connectivity index (χ0n) is 36.6. The summed E-state index contributed by atoms with van der Waals surface area (Å²) in [6.07, 6.45) is 0.861. The molecule has 11 aromatic rings. The van der Waals surface area contributed by atoms with Gasteiger partial charge >= 0.3 is 0 Å². The van der Waals surface area contributed by atoms with Crippen molar-refractivity contribution in [2.75, 3.05) is 0 Å². The molecule has 2 aromatic heterocycles. The molecule has 4 nitrogen and oxygen atoms in total. The van der Waals surface area contributed by atoms with E-state index in [1.807, 2.05) is 24.3 Å². The van der Waals surface area contributed by atoms with Gasteiger partial charge in [0, 0.05) is 33.4 Å². The number of benzene rings is 9. The summed E-state index contributed by atoms with van der Waals surface area (Å²) in [5.74, 6) is 1.39. The molecule has 0 fully saturated rings. The second kappa shape index (κ2) is 17.3. The summed E-state index contributed by atoms with van der Waals surface area (Å²) in [7, 11) is 0. The van der Waals surface area contributed by atoms with Crippen molar-refractivity contribution < 1.29 is 0 Å². The summed E-state index contributed by atoms with van der Waals surface area (Å²) >= 11 is 0. The van der Waals surface area contributed by atoms with E-state index in [0.717, 1.165) is 84.8 Å². The fourth-order valence-corrected chi connectivity index (χ4v) is 9.35. The van der Waals surface area contributed by atoms with E-state index in [4.69, 9.17) is 19.9 Å². The first-order valence-electron chi connectivity index (χ1n) is 22.7. The zero-order valence-corrected chi connectivity index (χ0v) is 36.6. The van der Waals surface area contributed by atoms with Gasteiger partial charge in [-0.15, -0.1) is 0 Å². The van der Waals surface area contributed by atoms with Crippen LogP contribution in [0.4, 0.5) is 0 Å². The van der Waals surface area contributed by atoms with Crippen LogP contribution in [0.5, 0.6) is 0 Å². The van der Waals surface area contributed by atoms with Gasteiger partial charge in [0.25, 0.3) is 0 Å². The van der Waals surface area contributed by atoms with Gasteiger partial charge in [0.05, 0.1) is 22.8 Å². The molecule has 0 unspecified atom stereocenters. The fraction of sp³-hybridized carbons (Fsp3) is 0.0159. The molecule has 314 valence electrons. The van der Waals surface area contributed by atoms with Crippen molar-refractivity contribution in [2.24, 2.45) is 0 Å². The molecular weight excluding hydrogens is 813 g/mol. The maximum Gasteiger partial charge on any atom is 0.160 e. The summed E-state index contributed by atoms with van der Waals surface area (Å²) in [5.41, 5.74) is 21.9. The molecule has 0 atom stereocenters. The predicted molar refractivity (Wildman–Crippen MR) is 275 cm³/mol. The second-order valence-corrected chi connectivity index (χ2v) is 17.0. The second-order valence-electron chi connectivity index (χ2n) is 17.0. The first-order chi connectivity index (χ1) is 33.2. The highest BCUT2D eigenvalue weighted by atomic mass is 14.9. The van der Waals surface area contributed by atoms with Crippen LogP contribution < -0.4 is 0 Å². The molecule has 0 amide bonds. The number of hydrogen-bond donors (Lipinski definition) is 0. The molecule has 12 rings (SSSR count). The SMILES string of the molecule is c1ccc(-c2cc(-c3ccccc3)nc(-c3cccc(-c4ccc5c(c4)-c4cc(-c6cccc(-c7nc(-c8ccccc8)cc(-c8ccccc8)n7)c6)cc(-c6ccccc6)c4C5)c3)n2)cc1. The number of rotatable bonds is 9. The molecular formula is C63H42N4. The molecule has 1 aliphatic carbocycles. The van der Waals surface area contributed by atoms with Crippen molar-refractivity contribution >= 4 is 0 Å². The van der Waals surface area contributed by atoms with Crippen LogP contribution in [0.1, 0.15) is 11.1 Å². The van der Waals surface area contributed by atoms with Crippen molar-refractivity contribution in [1.82, 2.24) is 19.9 Å². The standard InChI is InChI=1S/C63H42N4/c1-6-18-42(19-7-1)54-38-53(48-29-17-31-52(35-48)63-66-60(45-24-12-4-13-25-45)41-61(67-63)46-26-14-5-15-27-46)39-57-55-36-49(32-33-50(55)37-56(54)57)47-28-16-30-51(34-47)62-64-58(43-20-8-2-9-21-43)40-59(65-62)44-22-10-3-11-23-44/h1-36,38-41H,37H2. The molecule has 0 radical (unpaired) electrons. The van der Waals surface area contributed by atoms with Gasteiger partial charge in [0.15, 0.2) is 11.6 Å². The Balaban J connectivity index is 0.952. The van der Waals surface area contributed by atoms with Gasteiger partial charge in [0.1, 0.15) is 0 Å². The van der Waals surface area contributed by atoms with Crippen molar-refractivity contribution in [3.63, 3.8) is 0 Å². The molecule has 9 aromatic carbocycles. The minimum Gasteiger partial charge on any atom is -0.228 e. The lowest BCUT2D eigenvalue weighted by Crippen LogP contribution is -1.96. The van der Waals surface area contributed by atoms with Gasteiger partial charge in [-0.05, 0) is 105 Å². The minimum absolute atomic E-state index is 0.692. The van der Waals surface area contributed by atoms with Gasteiger partial charge in [0.2, 0.25) is 0 Å². The maximum atomic E-state index is 5.17. The van der Waals surface area contributed by atoms with E-state index in [-0.39, 0.29) is 0 Å².